The van der Waals surface area contributed by atoms with Gasteiger partial charge in [-0.05, 0) is 135 Å². The Labute approximate surface area is 494 Å². The number of hydrogen-bond acceptors (Lipinski definition) is 6. The Morgan fingerprint density at radius 3 is 0.800 bits per heavy atom. The molecule has 0 aliphatic heterocycles. The first kappa shape index (κ1) is 75.8. The average molecular weight is 1110 g/mol. The highest BCUT2D eigenvalue weighted by Crippen LogP contribution is 2.16. The van der Waals surface area contributed by atoms with Crippen LogP contribution in [0.4, 0.5) is 0 Å². The van der Waals surface area contributed by atoms with E-state index in [1.165, 1.54) is 141 Å². The van der Waals surface area contributed by atoms with E-state index in [2.05, 4.69) is 142 Å². The van der Waals surface area contributed by atoms with E-state index in [0.29, 0.717) is 19.3 Å². The largest absolute Gasteiger partial charge is 0.462 e. The first-order chi connectivity index (χ1) is 39.5. The first-order valence-corrected chi connectivity index (χ1v) is 33.5. The lowest BCUT2D eigenvalue weighted by molar-refractivity contribution is -0.167. The molecule has 0 spiro atoms. The van der Waals surface area contributed by atoms with Crippen LogP contribution in [0.5, 0.6) is 0 Å². The molecule has 1 unspecified atom stereocenters. The fourth-order valence-corrected chi connectivity index (χ4v) is 9.15. The summed E-state index contributed by atoms with van der Waals surface area (Å²) in [5.41, 5.74) is 0. The van der Waals surface area contributed by atoms with E-state index in [1.54, 1.807) is 0 Å². The molecular formula is C74H124O6. The van der Waals surface area contributed by atoms with Crippen LogP contribution in [0.15, 0.2) is 122 Å². The van der Waals surface area contributed by atoms with Gasteiger partial charge in [-0.15, -0.1) is 0 Å². The van der Waals surface area contributed by atoms with Gasteiger partial charge in [0.1, 0.15) is 13.2 Å². The summed E-state index contributed by atoms with van der Waals surface area (Å²) in [6.07, 6.45) is 93.5. The fraction of sp³-hybridized carbons (Fsp3) is 0.689. The van der Waals surface area contributed by atoms with E-state index < -0.39 is 6.10 Å². The molecule has 0 aromatic carbocycles. The minimum absolute atomic E-state index is 0.102. The van der Waals surface area contributed by atoms with E-state index in [4.69, 9.17) is 14.2 Å². The molecule has 0 fully saturated rings. The lowest BCUT2D eigenvalue weighted by Crippen LogP contribution is -2.30. The number of unbranched alkanes of at least 4 members (excludes halogenated alkanes) is 29. The molecule has 0 saturated heterocycles. The van der Waals surface area contributed by atoms with Gasteiger partial charge in [0.05, 0.1) is 0 Å². The zero-order valence-corrected chi connectivity index (χ0v) is 52.3. The lowest BCUT2D eigenvalue weighted by atomic mass is 10.0. The summed E-state index contributed by atoms with van der Waals surface area (Å²) in [6, 6.07) is 0. The molecular weight excluding hydrogens is 985 g/mol. The van der Waals surface area contributed by atoms with Crippen LogP contribution in [0.25, 0.3) is 0 Å². The molecule has 6 heteroatoms. The van der Waals surface area contributed by atoms with Crippen molar-refractivity contribution in [1.29, 1.82) is 0 Å². The Kier molecular flexibility index (Phi) is 63.8. The smallest absolute Gasteiger partial charge is 0.306 e. The SMILES string of the molecule is CC/C=C\C/C=C\C/C=C\C/C=C\C/C=C\C/C=C\CCCCC(=O)OC(COC(=O)CCCCCCC/C=C\C/C=C\CCCCCC)COC(=O)CCCCCCCCCCCCCCC/C=C\C/C=C\CCCCCCC. The summed E-state index contributed by atoms with van der Waals surface area (Å²) in [4.78, 5) is 38.4. The highest BCUT2D eigenvalue weighted by molar-refractivity contribution is 5.71. The van der Waals surface area contributed by atoms with Crippen LogP contribution in [0.1, 0.15) is 310 Å². The number of carbonyl (C=O) groups excluding carboxylic acids is 3. The molecule has 6 nitrogen and oxygen atoms in total. The minimum Gasteiger partial charge on any atom is -0.462 e. The molecule has 0 aromatic rings. The van der Waals surface area contributed by atoms with Gasteiger partial charge in [-0.25, -0.2) is 0 Å². The fourth-order valence-electron chi connectivity index (χ4n) is 9.15. The highest BCUT2D eigenvalue weighted by Gasteiger charge is 2.19. The van der Waals surface area contributed by atoms with Gasteiger partial charge in [-0.1, -0.05) is 277 Å². The minimum atomic E-state index is -0.812. The molecule has 0 amide bonds. The van der Waals surface area contributed by atoms with Crippen LogP contribution in [0, 0.1) is 0 Å². The third-order valence-corrected chi connectivity index (χ3v) is 14.2. The Morgan fingerprint density at radius 2 is 0.487 bits per heavy atom. The third kappa shape index (κ3) is 64.6. The quantitative estimate of drug-likeness (QED) is 0.0261. The summed E-state index contributed by atoms with van der Waals surface area (Å²) in [6.45, 7) is 6.47. The average Bonchev–Trinajstić information content (AvgIpc) is 3.46. The summed E-state index contributed by atoms with van der Waals surface area (Å²) in [5, 5.41) is 0. The number of rotatable bonds is 60. The van der Waals surface area contributed by atoms with Gasteiger partial charge in [-0.3, -0.25) is 14.4 Å². The molecule has 0 aromatic heterocycles. The van der Waals surface area contributed by atoms with Gasteiger partial charge >= 0.3 is 17.9 Å². The first-order valence-electron chi connectivity index (χ1n) is 33.5. The molecule has 0 bridgehead atoms. The summed E-state index contributed by atoms with van der Waals surface area (Å²) >= 11 is 0. The molecule has 0 radical (unpaired) electrons. The Balaban J connectivity index is 4.44. The number of carbonyl (C=O) groups is 3. The van der Waals surface area contributed by atoms with Crippen molar-refractivity contribution in [3.05, 3.63) is 122 Å². The molecule has 0 saturated carbocycles. The Bertz CT molecular complexity index is 1650. The molecule has 456 valence electrons. The predicted molar refractivity (Wildman–Crippen MR) is 348 cm³/mol. The summed E-state index contributed by atoms with van der Waals surface area (Å²) in [5.74, 6) is -0.954. The number of esters is 3. The van der Waals surface area contributed by atoms with Gasteiger partial charge in [0.2, 0.25) is 0 Å². The van der Waals surface area contributed by atoms with Crippen molar-refractivity contribution in [3.63, 3.8) is 0 Å². The van der Waals surface area contributed by atoms with Crippen LogP contribution in [0.3, 0.4) is 0 Å². The predicted octanol–water partition coefficient (Wildman–Crippen LogP) is 23.2. The van der Waals surface area contributed by atoms with Crippen LogP contribution < -0.4 is 0 Å². The normalized spacial score (nSPS) is 12.9. The maximum Gasteiger partial charge on any atom is 0.306 e. The molecule has 0 aliphatic carbocycles. The zero-order valence-electron chi connectivity index (χ0n) is 52.3. The molecule has 0 heterocycles. The monoisotopic (exact) mass is 1110 g/mol. The Morgan fingerprint density at radius 1 is 0.263 bits per heavy atom. The Hall–Kier alpha value is -4.19. The summed E-state index contributed by atoms with van der Waals surface area (Å²) < 4.78 is 16.9. The van der Waals surface area contributed by atoms with Gasteiger partial charge in [0, 0.05) is 19.3 Å². The molecule has 0 aliphatic rings. The third-order valence-electron chi connectivity index (χ3n) is 14.2. The van der Waals surface area contributed by atoms with Gasteiger partial charge in [0.15, 0.2) is 6.10 Å². The van der Waals surface area contributed by atoms with E-state index in [9.17, 15) is 14.4 Å². The number of ether oxygens (including phenoxy) is 3. The van der Waals surface area contributed by atoms with Crippen molar-refractivity contribution in [2.45, 2.75) is 316 Å². The number of allylic oxidation sites excluding steroid dienone is 20. The van der Waals surface area contributed by atoms with Crippen molar-refractivity contribution in [1.82, 2.24) is 0 Å². The molecule has 0 N–H and O–H groups in total. The van der Waals surface area contributed by atoms with E-state index in [-0.39, 0.29) is 37.5 Å². The highest BCUT2D eigenvalue weighted by atomic mass is 16.6. The molecule has 0 rings (SSSR count). The van der Waals surface area contributed by atoms with Gasteiger partial charge < -0.3 is 14.2 Å². The van der Waals surface area contributed by atoms with Crippen LogP contribution in [0.2, 0.25) is 0 Å². The van der Waals surface area contributed by atoms with Crippen LogP contribution in [-0.4, -0.2) is 37.2 Å². The summed E-state index contributed by atoms with van der Waals surface area (Å²) in [7, 11) is 0. The van der Waals surface area contributed by atoms with Crippen molar-refractivity contribution in [2.75, 3.05) is 13.2 Å². The maximum absolute atomic E-state index is 12.9. The van der Waals surface area contributed by atoms with E-state index in [1.807, 2.05) is 0 Å². The van der Waals surface area contributed by atoms with Crippen LogP contribution in [-0.2, 0) is 28.6 Å². The second kappa shape index (κ2) is 67.3. The van der Waals surface area contributed by atoms with E-state index in [0.717, 1.165) is 122 Å². The second-order valence-corrected chi connectivity index (χ2v) is 22.0. The molecule has 1 atom stereocenters. The van der Waals surface area contributed by atoms with Crippen LogP contribution >= 0.6 is 0 Å². The standard InChI is InChI=1S/C74H124O6/c1-4-7-10-13-16-19-22-25-28-31-33-35-36-37-38-40-41-43-46-49-52-55-58-61-64-67-73(76)79-70-71(69-78-72(75)66-63-60-57-54-51-48-45-30-27-24-21-18-15-12-9-6-3)80-74(77)68-65-62-59-56-53-50-47-44-42-39-34-32-29-26-23-20-17-14-11-8-5-2/h8,11,17,20-22,24-26,29-31,33-34,39,44-45,47,53,56,71H,4-7,9-10,12-16,18-19,23,27-28,32,35-38,40-43,46,48-52,54-55,57-70H2,1-3H3/b11-8-,20-17-,24-21-,25-22-,29-26-,33-31-,39-34-,45-30-,47-44-,56-53-. The number of hydrogen-bond donors (Lipinski definition) is 0. The lowest BCUT2D eigenvalue weighted by Gasteiger charge is -2.18. The maximum atomic E-state index is 12.9. The van der Waals surface area contributed by atoms with Crippen molar-refractivity contribution < 1.29 is 28.6 Å². The van der Waals surface area contributed by atoms with Crippen molar-refractivity contribution in [2.24, 2.45) is 0 Å². The molecule has 80 heavy (non-hydrogen) atoms. The topological polar surface area (TPSA) is 78.9 Å². The van der Waals surface area contributed by atoms with Crippen molar-refractivity contribution >= 4 is 17.9 Å². The van der Waals surface area contributed by atoms with Gasteiger partial charge in [0.25, 0.3) is 0 Å². The van der Waals surface area contributed by atoms with Gasteiger partial charge in [-0.2, -0.15) is 0 Å². The van der Waals surface area contributed by atoms with Crippen molar-refractivity contribution in [3.8, 4) is 0 Å². The van der Waals surface area contributed by atoms with E-state index >= 15 is 0 Å². The zero-order chi connectivity index (χ0) is 57.8. The second-order valence-electron chi connectivity index (χ2n) is 22.0.